The van der Waals surface area contributed by atoms with E-state index in [9.17, 15) is 0 Å². The van der Waals surface area contributed by atoms with E-state index in [0.29, 0.717) is 0 Å². The predicted octanol–water partition coefficient (Wildman–Crippen LogP) is 7.52. The van der Waals surface area contributed by atoms with Crippen molar-refractivity contribution in [2.45, 2.75) is 39.5 Å². The quantitative estimate of drug-likeness (QED) is 0.292. The molecule has 2 aliphatic rings. The maximum atomic E-state index is 2.33. The zero-order chi connectivity index (χ0) is 20.5. The van der Waals surface area contributed by atoms with Crippen LogP contribution in [0.4, 0.5) is 0 Å². The van der Waals surface area contributed by atoms with Crippen LogP contribution in [0.15, 0.2) is 84.9 Å². The van der Waals surface area contributed by atoms with Crippen LogP contribution in [0.1, 0.15) is 33.4 Å². The Morgan fingerprint density at radius 1 is 0.400 bits per heavy atom. The fourth-order valence-corrected chi connectivity index (χ4v) is 4.92. The summed E-state index contributed by atoms with van der Waals surface area (Å²) in [5.41, 5.74) is 14.5. The summed E-state index contributed by atoms with van der Waals surface area (Å²) in [5, 5.41) is 0. The van der Waals surface area contributed by atoms with Gasteiger partial charge in [-0.05, 0) is 84.0 Å². The molecule has 148 valence electrons. The molecule has 0 fully saturated rings. The highest BCUT2D eigenvalue weighted by Gasteiger charge is 2.15. The van der Waals surface area contributed by atoms with Crippen molar-refractivity contribution in [1.29, 1.82) is 0 Å². The van der Waals surface area contributed by atoms with Crippen LogP contribution >= 0.6 is 0 Å². The Kier molecular flexibility index (Phi) is 5.01. The first-order valence-corrected chi connectivity index (χ1v) is 11.0. The minimum Gasteiger partial charge on any atom is -0.0620 e. The van der Waals surface area contributed by atoms with Crippen molar-refractivity contribution >= 4 is 0 Å². The van der Waals surface area contributed by atoms with Crippen LogP contribution in [0.25, 0.3) is 22.3 Å². The third-order valence-electron chi connectivity index (χ3n) is 6.46. The van der Waals surface area contributed by atoms with Crippen molar-refractivity contribution < 1.29 is 0 Å². The summed E-state index contributed by atoms with van der Waals surface area (Å²) < 4.78 is 0. The second-order valence-electron chi connectivity index (χ2n) is 8.64. The molecule has 30 heavy (non-hydrogen) atoms. The van der Waals surface area contributed by atoms with E-state index in [4.69, 9.17) is 0 Å². The number of benzene rings is 4. The molecule has 0 N–H and O–H groups in total. The molecule has 0 heteroatoms. The molecular weight excluding hydrogens is 360 g/mol. The third kappa shape index (κ3) is 3.59. The molecule has 0 saturated carbocycles. The van der Waals surface area contributed by atoms with Gasteiger partial charge in [0.25, 0.3) is 0 Å². The fraction of sp³-hybridized carbons (Fsp3) is 0.200. The van der Waals surface area contributed by atoms with Gasteiger partial charge in [-0.25, -0.2) is 0 Å². The first kappa shape index (κ1) is 18.9. The lowest BCUT2D eigenvalue weighted by atomic mass is 9.84. The van der Waals surface area contributed by atoms with Gasteiger partial charge in [-0.2, -0.15) is 0 Å². The van der Waals surface area contributed by atoms with Crippen LogP contribution in [0, 0.1) is 13.8 Å². The molecule has 2 aliphatic carbocycles. The summed E-state index contributed by atoms with van der Waals surface area (Å²) in [6.07, 6.45) is 4.75. The van der Waals surface area contributed by atoms with Crippen LogP contribution in [-0.2, 0) is 25.7 Å². The minimum atomic E-state index is 1.19. The van der Waals surface area contributed by atoms with Gasteiger partial charge in [0.1, 0.15) is 0 Å². The molecule has 0 amide bonds. The average Bonchev–Trinajstić information content (AvgIpc) is 2.79. The van der Waals surface area contributed by atoms with Crippen LogP contribution in [0.2, 0.25) is 0 Å². The summed E-state index contributed by atoms with van der Waals surface area (Å²) in [4.78, 5) is 0. The first-order valence-electron chi connectivity index (χ1n) is 11.0. The highest BCUT2D eigenvalue weighted by molar-refractivity contribution is 5.74. The Morgan fingerprint density at radius 2 is 0.767 bits per heavy atom. The molecule has 0 nitrogen and oxygen atoms in total. The molecule has 0 atom stereocenters. The van der Waals surface area contributed by atoms with E-state index in [-0.39, 0.29) is 0 Å². The molecule has 6 rings (SSSR count). The Labute approximate surface area is 180 Å². The monoisotopic (exact) mass is 388 g/mol. The summed E-state index contributed by atoms with van der Waals surface area (Å²) in [7, 11) is 0. The summed E-state index contributed by atoms with van der Waals surface area (Å²) in [6.45, 7) is 4.34. The SMILES string of the molecule is Cc1ccc2c(c1)CCc1cc(C)ccc1-2.c1ccc2c(c1)CCc1ccccc1-2. The van der Waals surface area contributed by atoms with Gasteiger partial charge in [0.05, 0.1) is 0 Å². The van der Waals surface area contributed by atoms with Gasteiger partial charge in [-0.3, -0.25) is 0 Å². The van der Waals surface area contributed by atoms with Gasteiger partial charge < -0.3 is 0 Å². The number of fused-ring (bicyclic) bond motifs is 6. The molecule has 4 aromatic carbocycles. The molecule has 0 bridgehead atoms. The third-order valence-corrected chi connectivity index (χ3v) is 6.46. The summed E-state index contributed by atoms with van der Waals surface area (Å²) in [5.74, 6) is 0. The van der Waals surface area contributed by atoms with Crippen LogP contribution in [0.3, 0.4) is 0 Å². The predicted molar refractivity (Wildman–Crippen MR) is 128 cm³/mol. The second kappa shape index (κ2) is 7.95. The van der Waals surface area contributed by atoms with E-state index in [1.54, 1.807) is 0 Å². The second-order valence-corrected chi connectivity index (χ2v) is 8.64. The van der Waals surface area contributed by atoms with Crippen molar-refractivity contribution in [2.75, 3.05) is 0 Å². The molecule has 0 unspecified atom stereocenters. The molecule has 0 saturated heterocycles. The average molecular weight is 389 g/mol. The molecular formula is C30H28. The molecule has 0 spiro atoms. The Morgan fingerprint density at radius 3 is 1.23 bits per heavy atom. The van der Waals surface area contributed by atoms with E-state index in [2.05, 4.69) is 98.8 Å². The van der Waals surface area contributed by atoms with Gasteiger partial charge in [0, 0.05) is 0 Å². The van der Waals surface area contributed by atoms with Crippen LogP contribution in [-0.4, -0.2) is 0 Å². The lowest BCUT2D eigenvalue weighted by Gasteiger charge is -2.20. The standard InChI is InChI=1S/C16H16.C14H12/c1-11-3-7-15-13(9-11)5-6-14-10-12(2)4-8-16(14)15;1-3-7-13-11(5-1)9-10-12-6-2-4-8-14(12)13/h3-4,7-10H,5-6H2,1-2H3;1-8H,9-10H2. The van der Waals surface area contributed by atoms with Crippen molar-refractivity contribution in [3.63, 3.8) is 0 Å². The van der Waals surface area contributed by atoms with Gasteiger partial charge in [0.15, 0.2) is 0 Å². The highest BCUT2D eigenvalue weighted by atomic mass is 14.2. The molecule has 0 heterocycles. The lowest BCUT2D eigenvalue weighted by molar-refractivity contribution is 0.937. The Balaban J connectivity index is 0.000000130. The van der Waals surface area contributed by atoms with E-state index in [0.717, 1.165) is 0 Å². The molecule has 4 aromatic rings. The van der Waals surface area contributed by atoms with Gasteiger partial charge in [0.2, 0.25) is 0 Å². The van der Waals surface area contributed by atoms with Gasteiger partial charge >= 0.3 is 0 Å². The number of aryl methyl sites for hydroxylation is 6. The largest absolute Gasteiger partial charge is 0.0620 e. The van der Waals surface area contributed by atoms with Gasteiger partial charge in [-0.15, -0.1) is 0 Å². The zero-order valence-corrected chi connectivity index (χ0v) is 17.9. The van der Waals surface area contributed by atoms with Crippen molar-refractivity contribution in [1.82, 2.24) is 0 Å². The van der Waals surface area contributed by atoms with Crippen LogP contribution in [0.5, 0.6) is 0 Å². The van der Waals surface area contributed by atoms with E-state index in [1.807, 2.05) is 0 Å². The van der Waals surface area contributed by atoms with Gasteiger partial charge in [-0.1, -0.05) is 96.1 Å². The van der Waals surface area contributed by atoms with E-state index >= 15 is 0 Å². The Bertz CT molecular complexity index is 1120. The Hall–Kier alpha value is -3.12. The highest BCUT2D eigenvalue weighted by Crippen LogP contribution is 2.34. The molecule has 0 aromatic heterocycles. The fourth-order valence-electron chi connectivity index (χ4n) is 4.92. The van der Waals surface area contributed by atoms with Crippen molar-refractivity contribution in [2.24, 2.45) is 0 Å². The zero-order valence-electron chi connectivity index (χ0n) is 17.9. The van der Waals surface area contributed by atoms with E-state index < -0.39 is 0 Å². The summed E-state index contributed by atoms with van der Waals surface area (Å²) >= 11 is 0. The first-order chi connectivity index (χ1) is 14.7. The topological polar surface area (TPSA) is 0 Å². The van der Waals surface area contributed by atoms with Crippen molar-refractivity contribution in [3.8, 4) is 22.3 Å². The van der Waals surface area contributed by atoms with Crippen molar-refractivity contribution in [3.05, 3.63) is 118 Å². The molecule has 0 radical (unpaired) electrons. The minimum absolute atomic E-state index is 1.19. The summed E-state index contributed by atoms with van der Waals surface area (Å²) in [6, 6.07) is 31.1. The maximum Gasteiger partial charge on any atom is -0.0149 e. The maximum absolute atomic E-state index is 2.33. The smallest absolute Gasteiger partial charge is 0.0149 e. The van der Waals surface area contributed by atoms with E-state index in [1.165, 1.54) is 81.3 Å². The van der Waals surface area contributed by atoms with Crippen LogP contribution < -0.4 is 0 Å². The lowest BCUT2D eigenvalue weighted by Crippen LogP contribution is -2.04. The number of rotatable bonds is 0. The number of hydrogen-bond acceptors (Lipinski definition) is 0. The molecule has 0 aliphatic heterocycles. The number of hydrogen-bond donors (Lipinski definition) is 0. The normalized spacial score (nSPS) is 13.1.